The molecule has 1 aromatic rings. The molecular formula is C15H17FN2O3. The molecule has 0 saturated carbocycles. The van der Waals surface area contributed by atoms with Crippen molar-refractivity contribution in [3.05, 3.63) is 41.2 Å². The third-order valence-corrected chi connectivity index (χ3v) is 3.38. The van der Waals surface area contributed by atoms with Gasteiger partial charge in [-0.05, 0) is 43.8 Å². The number of nitrogens with one attached hydrogen (secondary N) is 1. The maximum atomic E-state index is 13.8. The average Bonchev–Trinajstić information content (AvgIpc) is 2.83. The lowest BCUT2D eigenvalue weighted by Gasteiger charge is -2.13. The summed E-state index contributed by atoms with van der Waals surface area (Å²) < 4.78 is 13.8. The summed E-state index contributed by atoms with van der Waals surface area (Å²) in [7, 11) is 1.96. The first-order chi connectivity index (χ1) is 9.95. The number of hydrogen-bond donors (Lipinski definition) is 2. The molecule has 0 aliphatic carbocycles. The van der Waals surface area contributed by atoms with E-state index >= 15 is 0 Å². The van der Waals surface area contributed by atoms with Crippen molar-refractivity contribution in [2.45, 2.75) is 12.5 Å². The van der Waals surface area contributed by atoms with Gasteiger partial charge in [0.2, 0.25) is 0 Å². The van der Waals surface area contributed by atoms with E-state index in [4.69, 9.17) is 5.11 Å². The van der Waals surface area contributed by atoms with Crippen molar-refractivity contribution >= 4 is 18.0 Å². The molecule has 2 rings (SSSR count). The minimum atomic E-state index is -1.10. The van der Waals surface area contributed by atoms with Gasteiger partial charge in [0.15, 0.2) is 0 Å². The third kappa shape index (κ3) is 4.13. The molecule has 1 heterocycles. The largest absolute Gasteiger partial charge is 0.478 e. The fourth-order valence-electron chi connectivity index (χ4n) is 2.30. The summed E-state index contributed by atoms with van der Waals surface area (Å²) in [5, 5.41) is 11.4. The molecule has 1 aliphatic heterocycles. The third-order valence-electron chi connectivity index (χ3n) is 3.38. The number of amides is 1. The molecule has 0 spiro atoms. The van der Waals surface area contributed by atoms with Gasteiger partial charge in [-0.3, -0.25) is 4.79 Å². The standard InChI is InChI=1S/C15H17FN2O3/c1-18-7-6-11(9-18)17-15(21)12-8-10(2-4-13(12)16)3-5-14(19)20/h2-5,8,11H,6-7,9H2,1H3,(H,17,21)(H,19,20). The van der Waals surface area contributed by atoms with E-state index in [1.165, 1.54) is 18.2 Å². The van der Waals surface area contributed by atoms with Crippen molar-refractivity contribution in [3.63, 3.8) is 0 Å². The SMILES string of the molecule is CN1CCC(NC(=O)c2cc(C=CC(=O)O)ccc2F)C1. The van der Waals surface area contributed by atoms with Crippen LogP contribution in [0.4, 0.5) is 4.39 Å². The Hall–Kier alpha value is -2.21. The van der Waals surface area contributed by atoms with E-state index in [-0.39, 0.29) is 11.6 Å². The van der Waals surface area contributed by atoms with Gasteiger partial charge in [0.1, 0.15) is 5.82 Å². The maximum absolute atomic E-state index is 13.8. The van der Waals surface area contributed by atoms with E-state index < -0.39 is 17.7 Å². The molecule has 1 aliphatic rings. The molecule has 0 radical (unpaired) electrons. The second-order valence-corrected chi connectivity index (χ2v) is 5.13. The zero-order valence-corrected chi connectivity index (χ0v) is 11.7. The van der Waals surface area contributed by atoms with Gasteiger partial charge in [0, 0.05) is 18.7 Å². The smallest absolute Gasteiger partial charge is 0.328 e. The van der Waals surface area contributed by atoms with Crippen LogP contribution in [0.15, 0.2) is 24.3 Å². The summed E-state index contributed by atoms with van der Waals surface area (Å²) >= 11 is 0. The highest BCUT2D eigenvalue weighted by atomic mass is 19.1. The van der Waals surface area contributed by atoms with Crippen LogP contribution in [-0.2, 0) is 4.79 Å². The number of benzene rings is 1. The summed E-state index contributed by atoms with van der Waals surface area (Å²) in [5.74, 6) is -2.19. The number of carboxylic acids is 1. The predicted molar refractivity (Wildman–Crippen MR) is 76.4 cm³/mol. The summed E-state index contributed by atoms with van der Waals surface area (Å²) in [6.07, 6.45) is 3.10. The number of carboxylic acid groups (broad SMARTS) is 1. The van der Waals surface area contributed by atoms with Gasteiger partial charge in [-0.2, -0.15) is 0 Å². The highest BCUT2D eigenvalue weighted by molar-refractivity contribution is 5.95. The minimum absolute atomic E-state index is 0.0140. The van der Waals surface area contributed by atoms with Gasteiger partial charge in [-0.25, -0.2) is 9.18 Å². The van der Waals surface area contributed by atoms with Crippen LogP contribution in [0.1, 0.15) is 22.3 Å². The molecule has 1 saturated heterocycles. The van der Waals surface area contributed by atoms with Crippen LogP contribution in [0.2, 0.25) is 0 Å². The molecule has 112 valence electrons. The summed E-state index contributed by atoms with van der Waals surface area (Å²) in [6, 6.07) is 3.95. The molecule has 6 heteroatoms. The van der Waals surface area contributed by atoms with Gasteiger partial charge in [-0.15, -0.1) is 0 Å². The molecule has 1 fully saturated rings. The molecule has 5 nitrogen and oxygen atoms in total. The highest BCUT2D eigenvalue weighted by Gasteiger charge is 2.22. The summed E-state index contributed by atoms with van der Waals surface area (Å²) in [6.45, 7) is 1.64. The van der Waals surface area contributed by atoms with Gasteiger partial charge in [-0.1, -0.05) is 6.07 Å². The number of hydrogen-bond acceptors (Lipinski definition) is 3. The van der Waals surface area contributed by atoms with E-state index in [1.807, 2.05) is 7.05 Å². The summed E-state index contributed by atoms with van der Waals surface area (Å²) in [4.78, 5) is 24.7. The van der Waals surface area contributed by atoms with Crippen molar-refractivity contribution in [2.75, 3.05) is 20.1 Å². The van der Waals surface area contributed by atoms with E-state index in [9.17, 15) is 14.0 Å². The monoisotopic (exact) mass is 292 g/mol. The molecule has 1 aromatic carbocycles. The highest BCUT2D eigenvalue weighted by Crippen LogP contribution is 2.14. The van der Waals surface area contributed by atoms with E-state index in [0.717, 1.165) is 31.7 Å². The van der Waals surface area contributed by atoms with Crippen molar-refractivity contribution < 1.29 is 19.1 Å². The molecular weight excluding hydrogens is 275 g/mol. The Balaban J connectivity index is 2.12. The topological polar surface area (TPSA) is 69.6 Å². The van der Waals surface area contributed by atoms with Crippen LogP contribution in [-0.4, -0.2) is 48.1 Å². The van der Waals surface area contributed by atoms with Crippen LogP contribution in [0.5, 0.6) is 0 Å². The van der Waals surface area contributed by atoms with E-state index in [1.54, 1.807) is 0 Å². The van der Waals surface area contributed by atoms with Gasteiger partial charge >= 0.3 is 5.97 Å². The number of rotatable bonds is 4. The lowest BCUT2D eigenvalue weighted by molar-refractivity contribution is -0.131. The van der Waals surface area contributed by atoms with Gasteiger partial charge in [0.25, 0.3) is 5.91 Å². The molecule has 1 atom stereocenters. The fourth-order valence-corrected chi connectivity index (χ4v) is 2.30. The quantitative estimate of drug-likeness (QED) is 0.822. The predicted octanol–water partition coefficient (Wildman–Crippen LogP) is 1.36. The number of nitrogens with zero attached hydrogens (tertiary/aromatic N) is 1. The molecule has 21 heavy (non-hydrogen) atoms. The second kappa shape index (κ2) is 6.49. The first-order valence-corrected chi connectivity index (χ1v) is 6.65. The fraction of sp³-hybridized carbons (Fsp3) is 0.333. The van der Waals surface area contributed by atoms with Crippen molar-refractivity contribution in [1.82, 2.24) is 10.2 Å². The number of likely N-dealkylation sites (N-methyl/N-ethyl adjacent to an activating group) is 1. The molecule has 2 N–H and O–H groups in total. The van der Waals surface area contributed by atoms with Crippen molar-refractivity contribution in [1.29, 1.82) is 0 Å². The van der Waals surface area contributed by atoms with Crippen LogP contribution in [0.25, 0.3) is 6.08 Å². The Morgan fingerprint density at radius 3 is 2.86 bits per heavy atom. The van der Waals surface area contributed by atoms with Crippen molar-refractivity contribution in [2.24, 2.45) is 0 Å². The lowest BCUT2D eigenvalue weighted by atomic mass is 10.1. The number of carbonyl (C=O) groups is 2. The van der Waals surface area contributed by atoms with Gasteiger partial charge in [0.05, 0.1) is 5.56 Å². The average molecular weight is 292 g/mol. The Bertz CT molecular complexity index is 586. The van der Waals surface area contributed by atoms with E-state index in [2.05, 4.69) is 10.2 Å². The Morgan fingerprint density at radius 1 is 1.48 bits per heavy atom. The zero-order valence-electron chi connectivity index (χ0n) is 11.7. The number of carbonyl (C=O) groups excluding carboxylic acids is 1. The normalized spacial score (nSPS) is 19.0. The molecule has 0 bridgehead atoms. The summed E-state index contributed by atoms with van der Waals surface area (Å²) in [5.41, 5.74) is 0.393. The second-order valence-electron chi connectivity index (χ2n) is 5.13. The Labute approximate surface area is 122 Å². The van der Waals surface area contributed by atoms with Gasteiger partial charge < -0.3 is 15.3 Å². The van der Waals surface area contributed by atoms with Crippen LogP contribution >= 0.6 is 0 Å². The molecule has 0 aromatic heterocycles. The minimum Gasteiger partial charge on any atom is -0.478 e. The first kappa shape index (κ1) is 15.2. The Kier molecular flexibility index (Phi) is 4.70. The molecule has 1 amide bonds. The Morgan fingerprint density at radius 2 is 2.24 bits per heavy atom. The first-order valence-electron chi connectivity index (χ1n) is 6.65. The number of likely N-dealkylation sites (tertiary alicyclic amines) is 1. The van der Waals surface area contributed by atoms with Crippen molar-refractivity contribution in [3.8, 4) is 0 Å². The van der Waals surface area contributed by atoms with Crippen LogP contribution < -0.4 is 5.32 Å². The van der Waals surface area contributed by atoms with Crippen LogP contribution in [0, 0.1) is 5.82 Å². The van der Waals surface area contributed by atoms with Crippen LogP contribution in [0.3, 0.4) is 0 Å². The lowest BCUT2D eigenvalue weighted by Crippen LogP contribution is -2.36. The zero-order chi connectivity index (χ0) is 15.4. The van der Waals surface area contributed by atoms with E-state index in [0.29, 0.717) is 5.56 Å². The maximum Gasteiger partial charge on any atom is 0.328 e. The molecule has 1 unspecified atom stereocenters. The number of halogens is 1. The number of aliphatic carboxylic acids is 1.